The number of carbonyl (C=O) groups is 2. The number of amides is 3. The number of halogens is 3. The van der Waals surface area contributed by atoms with E-state index in [1.165, 1.54) is 29.8 Å². The summed E-state index contributed by atoms with van der Waals surface area (Å²) < 4.78 is 37.3. The minimum absolute atomic E-state index is 0.0411. The summed E-state index contributed by atoms with van der Waals surface area (Å²) in [5.41, 5.74) is -2.74. The van der Waals surface area contributed by atoms with Gasteiger partial charge in [-0.05, 0) is 54.4 Å². The zero-order valence-corrected chi connectivity index (χ0v) is 18.9. The maximum absolute atomic E-state index is 12.6. The van der Waals surface area contributed by atoms with Gasteiger partial charge in [0.15, 0.2) is 0 Å². The van der Waals surface area contributed by atoms with Gasteiger partial charge < -0.3 is 15.5 Å². The maximum atomic E-state index is 12.6. The van der Waals surface area contributed by atoms with Gasteiger partial charge in [-0.15, -0.1) is 0 Å². The number of nitrogens with one attached hydrogen (secondary N) is 2. The molecule has 3 rings (SSSR count). The number of alkyl halides is 3. The van der Waals surface area contributed by atoms with E-state index < -0.39 is 5.51 Å². The van der Waals surface area contributed by atoms with Gasteiger partial charge in [0.05, 0.1) is 6.54 Å². The Hall–Kier alpha value is -2.72. The Morgan fingerprint density at radius 2 is 1.67 bits per heavy atom. The van der Waals surface area contributed by atoms with Gasteiger partial charge in [-0.2, -0.15) is 13.2 Å². The first kappa shape index (κ1) is 24.9. The van der Waals surface area contributed by atoms with Crippen LogP contribution in [0.15, 0.2) is 59.5 Å². The summed E-state index contributed by atoms with van der Waals surface area (Å²) in [5, 5.41) is 5.67. The summed E-state index contributed by atoms with van der Waals surface area (Å²) in [7, 11) is 0. The van der Waals surface area contributed by atoms with E-state index in [-0.39, 0.29) is 35.1 Å². The van der Waals surface area contributed by atoms with E-state index in [1.807, 2.05) is 35.2 Å². The number of hydrogen-bond donors (Lipinski definition) is 2. The van der Waals surface area contributed by atoms with E-state index >= 15 is 0 Å². The predicted octanol–water partition coefficient (Wildman–Crippen LogP) is 4.20. The molecule has 0 saturated carbocycles. The Morgan fingerprint density at radius 1 is 0.939 bits per heavy atom. The molecule has 1 aliphatic rings. The minimum Gasteiger partial charge on any atom is -0.355 e. The third-order valence-corrected chi connectivity index (χ3v) is 5.90. The summed E-state index contributed by atoms with van der Waals surface area (Å²) in [5.74, 6) is -0.0411. The van der Waals surface area contributed by atoms with Gasteiger partial charge in [0.2, 0.25) is 5.91 Å². The first-order valence-corrected chi connectivity index (χ1v) is 11.5. The summed E-state index contributed by atoms with van der Waals surface area (Å²) in [4.78, 5) is 28.6. The van der Waals surface area contributed by atoms with Crippen molar-refractivity contribution in [2.24, 2.45) is 0 Å². The molecular formula is C23H27F3N4O2S. The van der Waals surface area contributed by atoms with Crippen molar-refractivity contribution in [1.29, 1.82) is 0 Å². The second kappa shape index (κ2) is 11.9. The Balaban J connectivity index is 1.39. The fraction of sp³-hybridized carbons (Fsp3) is 0.391. The van der Waals surface area contributed by atoms with Gasteiger partial charge in [-0.1, -0.05) is 30.3 Å². The summed E-state index contributed by atoms with van der Waals surface area (Å²) >= 11 is -0.194. The van der Waals surface area contributed by atoms with Gasteiger partial charge in [0, 0.05) is 43.3 Å². The molecule has 178 valence electrons. The van der Waals surface area contributed by atoms with Crippen LogP contribution in [0.3, 0.4) is 0 Å². The lowest BCUT2D eigenvalue weighted by Gasteiger charge is -2.22. The lowest BCUT2D eigenvalue weighted by molar-refractivity contribution is -0.122. The molecule has 6 nitrogen and oxygen atoms in total. The standard InChI is InChI=1S/C23H27F3N4O2S/c24-23(25,26)33-20-9-7-19(8-10-20)28-22(32)30-14-4-13-29(15-16-30)17-21(31)27-12-11-18-5-2-1-3-6-18/h1-3,5-10H,4,11-17H2,(H,27,31)(H,28,32). The molecule has 1 aliphatic heterocycles. The maximum Gasteiger partial charge on any atom is 0.446 e. The molecule has 1 fully saturated rings. The highest BCUT2D eigenvalue weighted by molar-refractivity contribution is 8.00. The van der Waals surface area contributed by atoms with E-state index in [2.05, 4.69) is 10.6 Å². The van der Waals surface area contributed by atoms with Crippen molar-refractivity contribution in [2.75, 3.05) is 44.6 Å². The molecule has 0 radical (unpaired) electrons. The van der Waals surface area contributed by atoms with Gasteiger partial charge in [0.1, 0.15) is 0 Å². The predicted molar refractivity (Wildman–Crippen MR) is 123 cm³/mol. The lowest BCUT2D eigenvalue weighted by Crippen LogP contribution is -2.41. The van der Waals surface area contributed by atoms with E-state index in [0.29, 0.717) is 38.4 Å². The largest absolute Gasteiger partial charge is 0.446 e. The number of anilines is 1. The second-order valence-electron chi connectivity index (χ2n) is 7.70. The van der Waals surface area contributed by atoms with Crippen LogP contribution in [0.4, 0.5) is 23.7 Å². The average Bonchev–Trinajstić information content (AvgIpc) is 3.00. The molecule has 1 saturated heterocycles. The normalized spacial score (nSPS) is 15.1. The summed E-state index contributed by atoms with van der Waals surface area (Å²) in [6, 6.07) is 15.2. The lowest BCUT2D eigenvalue weighted by atomic mass is 10.1. The molecule has 1 heterocycles. The molecule has 2 aromatic carbocycles. The molecule has 0 aliphatic carbocycles. The Labute approximate surface area is 195 Å². The number of hydrogen-bond acceptors (Lipinski definition) is 4. The molecule has 3 amide bonds. The highest BCUT2D eigenvalue weighted by Crippen LogP contribution is 2.37. The van der Waals surface area contributed by atoms with Crippen molar-refractivity contribution in [1.82, 2.24) is 15.1 Å². The van der Waals surface area contributed by atoms with Crippen LogP contribution in [0.5, 0.6) is 0 Å². The van der Waals surface area contributed by atoms with Crippen LogP contribution >= 0.6 is 11.8 Å². The van der Waals surface area contributed by atoms with Crippen molar-refractivity contribution in [3.8, 4) is 0 Å². The van der Waals surface area contributed by atoms with E-state index in [9.17, 15) is 22.8 Å². The third kappa shape index (κ3) is 8.97. The van der Waals surface area contributed by atoms with E-state index in [4.69, 9.17) is 0 Å². The van der Waals surface area contributed by atoms with Crippen LogP contribution in [0, 0.1) is 0 Å². The highest BCUT2D eigenvalue weighted by atomic mass is 32.2. The number of benzene rings is 2. The Kier molecular flexibility index (Phi) is 9.02. The monoisotopic (exact) mass is 480 g/mol. The van der Waals surface area contributed by atoms with Gasteiger partial charge in [0.25, 0.3) is 0 Å². The minimum atomic E-state index is -4.35. The van der Waals surface area contributed by atoms with Crippen molar-refractivity contribution >= 4 is 29.4 Å². The SMILES string of the molecule is O=C(CN1CCCN(C(=O)Nc2ccc(SC(F)(F)F)cc2)CC1)NCCc1ccccc1. The quantitative estimate of drug-likeness (QED) is 0.583. The number of carbonyl (C=O) groups excluding carboxylic acids is 2. The van der Waals surface area contributed by atoms with Gasteiger partial charge in [-0.3, -0.25) is 9.69 Å². The first-order valence-electron chi connectivity index (χ1n) is 10.7. The fourth-order valence-corrected chi connectivity index (χ4v) is 4.06. The molecule has 10 heteroatoms. The molecule has 0 atom stereocenters. The van der Waals surface area contributed by atoms with Crippen molar-refractivity contribution in [3.63, 3.8) is 0 Å². The topological polar surface area (TPSA) is 64.7 Å². The molecule has 2 N–H and O–H groups in total. The van der Waals surface area contributed by atoms with Crippen LogP contribution in [-0.4, -0.2) is 66.5 Å². The number of rotatable bonds is 7. The Morgan fingerprint density at radius 3 is 2.36 bits per heavy atom. The van der Waals surface area contributed by atoms with Crippen LogP contribution in [0.2, 0.25) is 0 Å². The Bertz CT molecular complexity index is 910. The number of thioether (sulfide) groups is 1. The molecule has 0 bridgehead atoms. The van der Waals surface area contributed by atoms with Crippen LogP contribution < -0.4 is 10.6 Å². The molecule has 2 aromatic rings. The van der Waals surface area contributed by atoms with E-state index in [1.54, 1.807) is 4.90 Å². The molecule has 33 heavy (non-hydrogen) atoms. The number of nitrogens with zero attached hydrogens (tertiary/aromatic N) is 2. The van der Waals surface area contributed by atoms with Crippen LogP contribution in [0.25, 0.3) is 0 Å². The van der Waals surface area contributed by atoms with Crippen molar-refractivity contribution in [3.05, 3.63) is 60.2 Å². The molecule has 0 aromatic heterocycles. The van der Waals surface area contributed by atoms with Crippen molar-refractivity contribution in [2.45, 2.75) is 23.2 Å². The summed E-state index contributed by atoms with van der Waals surface area (Å²) in [6.45, 7) is 3.14. The fourth-order valence-electron chi connectivity index (χ4n) is 3.52. The molecular weight excluding hydrogens is 453 g/mol. The van der Waals surface area contributed by atoms with Crippen LogP contribution in [0.1, 0.15) is 12.0 Å². The van der Waals surface area contributed by atoms with E-state index in [0.717, 1.165) is 12.8 Å². The summed E-state index contributed by atoms with van der Waals surface area (Å²) in [6.07, 6.45) is 1.50. The van der Waals surface area contributed by atoms with Crippen molar-refractivity contribution < 1.29 is 22.8 Å². The second-order valence-corrected chi connectivity index (χ2v) is 8.84. The number of urea groups is 1. The third-order valence-electron chi connectivity index (χ3n) is 5.16. The molecule has 0 unspecified atom stereocenters. The van der Waals surface area contributed by atoms with Crippen LogP contribution in [-0.2, 0) is 11.2 Å². The first-order chi connectivity index (χ1) is 15.8. The van der Waals surface area contributed by atoms with Gasteiger partial charge >= 0.3 is 11.5 Å². The highest BCUT2D eigenvalue weighted by Gasteiger charge is 2.29. The van der Waals surface area contributed by atoms with Gasteiger partial charge in [-0.25, -0.2) is 4.79 Å². The molecule has 0 spiro atoms. The zero-order chi connectivity index (χ0) is 23.7. The zero-order valence-electron chi connectivity index (χ0n) is 18.1. The smallest absolute Gasteiger partial charge is 0.355 e. The average molecular weight is 481 g/mol.